The van der Waals surface area contributed by atoms with Gasteiger partial charge in [-0.3, -0.25) is 9.78 Å². The predicted octanol–water partition coefficient (Wildman–Crippen LogP) is 3.51. The lowest BCUT2D eigenvalue weighted by atomic mass is 9.99. The van der Waals surface area contributed by atoms with Crippen LogP contribution in [-0.4, -0.2) is 10.9 Å². The number of thiophene rings is 1. The standard InChI is InChI=1S/C16H18N2OS/c1-11(13-7-4-5-9-17-13)18-16(19)15-10-12-6-2-3-8-14(12)20-15/h4-5,7,9-11H,2-3,6,8H2,1H3,(H,18,19). The molecule has 0 aliphatic heterocycles. The van der Waals surface area contributed by atoms with E-state index in [4.69, 9.17) is 0 Å². The first kappa shape index (κ1) is 13.3. The summed E-state index contributed by atoms with van der Waals surface area (Å²) in [4.78, 5) is 18.8. The molecular weight excluding hydrogens is 268 g/mol. The van der Waals surface area contributed by atoms with Gasteiger partial charge in [-0.05, 0) is 56.4 Å². The van der Waals surface area contributed by atoms with Crippen LogP contribution in [0.25, 0.3) is 0 Å². The van der Waals surface area contributed by atoms with Gasteiger partial charge >= 0.3 is 0 Å². The first-order chi connectivity index (χ1) is 9.74. The Morgan fingerprint density at radius 1 is 1.35 bits per heavy atom. The Labute approximate surface area is 123 Å². The van der Waals surface area contributed by atoms with E-state index in [1.54, 1.807) is 17.5 Å². The second kappa shape index (κ2) is 5.75. The number of aryl methyl sites for hydroxylation is 2. The summed E-state index contributed by atoms with van der Waals surface area (Å²) in [6.45, 7) is 1.97. The molecule has 0 radical (unpaired) electrons. The molecule has 0 aromatic carbocycles. The van der Waals surface area contributed by atoms with Crippen molar-refractivity contribution >= 4 is 17.2 Å². The fourth-order valence-electron chi connectivity index (χ4n) is 2.58. The third-order valence-corrected chi connectivity index (χ3v) is 4.94. The number of pyridine rings is 1. The molecule has 1 N–H and O–H groups in total. The number of rotatable bonds is 3. The smallest absolute Gasteiger partial charge is 0.261 e. The maximum Gasteiger partial charge on any atom is 0.261 e. The lowest BCUT2D eigenvalue weighted by Gasteiger charge is -2.12. The van der Waals surface area contributed by atoms with Gasteiger partial charge in [0.25, 0.3) is 5.91 Å². The van der Waals surface area contributed by atoms with Gasteiger partial charge in [-0.15, -0.1) is 11.3 Å². The van der Waals surface area contributed by atoms with Crippen LogP contribution in [0.15, 0.2) is 30.5 Å². The first-order valence-electron chi connectivity index (χ1n) is 7.07. The zero-order valence-corrected chi connectivity index (χ0v) is 12.4. The van der Waals surface area contributed by atoms with Crippen LogP contribution in [0.4, 0.5) is 0 Å². The van der Waals surface area contributed by atoms with E-state index in [2.05, 4.69) is 16.4 Å². The minimum absolute atomic E-state index is 0.0163. The SMILES string of the molecule is CC(NC(=O)c1cc2c(s1)CCCC2)c1ccccn1. The summed E-state index contributed by atoms with van der Waals surface area (Å²) in [7, 11) is 0. The highest BCUT2D eigenvalue weighted by Crippen LogP contribution is 2.29. The molecule has 4 heteroatoms. The van der Waals surface area contributed by atoms with Gasteiger partial charge in [0.2, 0.25) is 0 Å². The van der Waals surface area contributed by atoms with Crippen molar-refractivity contribution in [1.29, 1.82) is 0 Å². The van der Waals surface area contributed by atoms with Crippen molar-refractivity contribution in [3.63, 3.8) is 0 Å². The number of hydrogen-bond donors (Lipinski definition) is 1. The lowest BCUT2D eigenvalue weighted by molar-refractivity contribution is 0.0943. The van der Waals surface area contributed by atoms with Crippen molar-refractivity contribution in [2.75, 3.05) is 0 Å². The fourth-order valence-corrected chi connectivity index (χ4v) is 3.73. The molecule has 1 aliphatic rings. The van der Waals surface area contributed by atoms with Gasteiger partial charge in [0.15, 0.2) is 0 Å². The van der Waals surface area contributed by atoms with Crippen LogP contribution in [-0.2, 0) is 12.8 Å². The number of carbonyl (C=O) groups is 1. The summed E-state index contributed by atoms with van der Waals surface area (Å²) in [5.41, 5.74) is 2.26. The molecule has 3 rings (SSSR count). The van der Waals surface area contributed by atoms with E-state index < -0.39 is 0 Å². The van der Waals surface area contributed by atoms with Gasteiger partial charge in [-0.25, -0.2) is 0 Å². The molecule has 0 spiro atoms. The quantitative estimate of drug-likeness (QED) is 0.938. The predicted molar refractivity (Wildman–Crippen MR) is 81.1 cm³/mol. The number of hydrogen-bond acceptors (Lipinski definition) is 3. The minimum Gasteiger partial charge on any atom is -0.343 e. The van der Waals surface area contributed by atoms with Gasteiger partial charge < -0.3 is 5.32 Å². The normalized spacial score (nSPS) is 15.4. The van der Waals surface area contributed by atoms with Crippen LogP contribution < -0.4 is 5.32 Å². The lowest BCUT2D eigenvalue weighted by Crippen LogP contribution is -2.26. The minimum atomic E-state index is -0.0668. The molecule has 20 heavy (non-hydrogen) atoms. The summed E-state index contributed by atoms with van der Waals surface area (Å²) in [6, 6.07) is 7.76. The van der Waals surface area contributed by atoms with E-state index in [1.165, 1.54) is 23.3 Å². The summed E-state index contributed by atoms with van der Waals surface area (Å²) >= 11 is 1.65. The van der Waals surface area contributed by atoms with Crippen molar-refractivity contribution in [3.8, 4) is 0 Å². The molecule has 1 atom stereocenters. The third kappa shape index (κ3) is 2.75. The molecule has 3 nitrogen and oxygen atoms in total. The van der Waals surface area contributed by atoms with Gasteiger partial charge in [0.05, 0.1) is 16.6 Å². The van der Waals surface area contributed by atoms with Crippen LogP contribution in [0.1, 0.15) is 51.6 Å². The molecule has 2 heterocycles. The van der Waals surface area contributed by atoms with Crippen molar-refractivity contribution < 1.29 is 4.79 Å². The molecule has 0 bridgehead atoms. The summed E-state index contributed by atoms with van der Waals surface area (Å²) in [5, 5.41) is 3.03. The molecule has 104 valence electrons. The van der Waals surface area contributed by atoms with Crippen LogP contribution in [0.3, 0.4) is 0 Å². The Morgan fingerprint density at radius 3 is 2.95 bits per heavy atom. The summed E-state index contributed by atoms with van der Waals surface area (Å²) in [5.74, 6) is 0.0163. The van der Waals surface area contributed by atoms with E-state index in [9.17, 15) is 4.79 Å². The van der Waals surface area contributed by atoms with Crippen molar-refractivity contribution in [2.45, 2.75) is 38.6 Å². The molecular formula is C16H18N2OS. The van der Waals surface area contributed by atoms with Gasteiger partial charge in [0, 0.05) is 11.1 Å². The maximum absolute atomic E-state index is 12.3. The van der Waals surface area contributed by atoms with E-state index in [0.29, 0.717) is 0 Å². The van der Waals surface area contributed by atoms with Gasteiger partial charge in [0.1, 0.15) is 0 Å². The second-order valence-electron chi connectivity index (χ2n) is 5.22. The monoisotopic (exact) mass is 286 g/mol. The number of nitrogens with one attached hydrogen (secondary N) is 1. The molecule has 0 saturated heterocycles. The Morgan fingerprint density at radius 2 is 2.20 bits per heavy atom. The van der Waals surface area contributed by atoms with E-state index >= 15 is 0 Å². The van der Waals surface area contributed by atoms with Crippen molar-refractivity contribution in [1.82, 2.24) is 10.3 Å². The number of nitrogens with zero attached hydrogens (tertiary/aromatic N) is 1. The zero-order valence-electron chi connectivity index (χ0n) is 11.6. The van der Waals surface area contributed by atoms with Crippen molar-refractivity contribution in [3.05, 3.63) is 51.5 Å². The van der Waals surface area contributed by atoms with E-state index in [-0.39, 0.29) is 11.9 Å². The average molecular weight is 286 g/mol. The highest BCUT2D eigenvalue weighted by atomic mass is 32.1. The van der Waals surface area contributed by atoms with E-state index in [1.807, 2.05) is 25.1 Å². The van der Waals surface area contributed by atoms with Gasteiger partial charge in [-0.2, -0.15) is 0 Å². The second-order valence-corrected chi connectivity index (χ2v) is 6.35. The average Bonchev–Trinajstić information content (AvgIpc) is 2.92. The Bertz CT molecular complexity index is 583. The molecule has 1 amide bonds. The Balaban J connectivity index is 1.71. The van der Waals surface area contributed by atoms with Crippen LogP contribution in [0.5, 0.6) is 0 Å². The number of amides is 1. The van der Waals surface area contributed by atoms with Crippen LogP contribution in [0.2, 0.25) is 0 Å². The highest BCUT2D eigenvalue weighted by Gasteiger charge is 2.18. The summed E-state index contributed by atoms with van der Waals surface area (Å²) in [6.07, 6.45) is 6.49. The molecule has 0 saturated carbocycles. The van der Waals surface area contributed by atoms with Gasteiger partial charge in [-0.1, -0.05) is 6.07 Å². The molecule has 2 aromatic rings. The van der Waals surface area contributed by atoms with E-state index in [0.717, 1.165) is 23.4 Å². The highest BCUT2D eigenvalue weighted by molar-refractivity contribution is 7.14. The summed E-state index contributed by atoms with van der Waals surface area (Å²) < 4.78 is 0. The number of aromatic nitrogens is 1. The Hall–Kier alpha value is -1.68. The molecule has 2 aromatic heterocycles. The van der Waals surface area contributed by atoms with Crippen LogP contribution in [0, 0.1) is 0 Å². The number of carbonyl (C=O) groups excluding carboxylic acids is 1. The van der Waals surface area contributed by atoms with Crippen LogP contribution >= 0.6 is 11.3 Å². The maximum atomic E-state index is 12.3. The number of fused-ring (bicyclic) bond motifs is 1. The molecule has 1 aliphatic carbocycles. The molecule has 1 unspecified atom stereocenters. The van der Waals surface area contributed by atoms with Crippen molar-refractivity contribution in [2.24, 2.45) is 0 Å². The topological polar surface area (TPSA) is 42.0 Å². The first-order valence-corrected chi connectivity index (χ1v) is 7.89. The largest absolute Gasteiger partial charge is 0.343 e. The molecule has 0 fully saturated rings. The zero-order chi connectivity index (χ0) is 13.9. The Kier molecular flexibility index (Phi) is 3.83. The third-order valence-electron chi connectivity index (χ3n) is 3.70. The fraction of sp³-hybridized carbons (Fsp3) is 0.375.